The van der Waals surface area contributed by atoms with Crippen LogP contribution in [0, 0.1) is 21.4 Å². The second-order valence-corrected chi connectivity index (χ2v) is 6.48. The van der Waals surface area contributed by atoms with E-state index in [9.17, 15) is 10.1 Å². The molecule has 2 aromatic carbocycles. The normalized spacial score (nSPS) is 11.0. The molecular formula is C19H14N4O5S. The van der Waals surface area contributed by atoms with Crippen LogP contribution in [-0.4, -0.2) is 29.3 Å². The molecule has 0 aliphatic carbocycles. The van der Waals surface area contributed by atoms with E-state index in [0.29, 0.717) is 27.5 Å². The molecule has 0 atom stereocenters. The first-order valence-electron chi connectivity index (χ1n) is 8.14. The minimum absolute atomic E-state index is 0.0401. The summed E-state index contributed by atoms with van der Waals surface area (Å²) in [6, 6.07) is 13.0. The van der Waals surface area contributed by atoms with Gasteiger partial charge in [-0.05, 0) is 41.6 Å². The number of hydrogen-bond donors (Lipinski definition) is 0. The molecule has 0 unspecified atom stereocenters. The lowest BCUT2D eigenvalue weighted by atomic mass is 10.2. The Morgan fingerprint density at radius 2 is 1.97 bits per heavy atom. The van der Waals surface area contributed by atoms with Gasteiger partial charge >= 0.3 is 0 Å². The maximum absolute atomic E-state index is 10.8. The lowest BCUT2D eigenvalue weighted by Gasteiger charge is -2.07. The molecule has 10 heteroatoms. The number of nitriles is 1. The van der Waals surface area contributed by atoms with Crippen molar-refractivity contribution in [1.29, 1.82) is 5.26 Å². The summed E-state index contributed by atoms with van der Waals surface area (Å²) in [7, 11) is 3.07. The molecule has 1 heterocycles. The van der Waals surface area contributed by atoms with E-state index in [1.54, 1.807) is 37.4 Å². The van der Waals surface area contributed by atoms with Crippen LogP contribution in [0.15, 0.2) is 58.2 Å². The zero-order valence-corrected chi connectivity index (χ0v) is 16.2. The van der Waals surface area contributed by atoms with Crippen LogP contribution >= 0.6 is 11.8 Å². The van der Waals surface area contributed by atoms with E-state index >= 15 is 0 Å². The highest BCUT2D eigenvalue weighted by molar-refractivity contribution is 8.08. The molecule has 0 N–H and O–H groups in total. The van der Waals surface area contributed by atoms with E-state index in [4.69, 9.17) is 19.2 Å². The monoisotopic (exact) mass is 410 g/mol. The molecule has 1 aromatic heterocycles. The molecule has 29 heavy (non-hydrogen) atoms. The number of nitrogens with zero attached hydrogens (tertiary/aromatic N) is 4. The predicted octanol–water partition coefficient (Wildman–Crippen LogP) is 4.32. The van der Waals surface area contributed by atoms with Gasteiger partial charge in [-0.2, -0.15) is 5.26 Å². The van der Waals surface area contributed by atoms with E-state index in [-0.39, 0.29) is 16.8 Å². The Bertz CT molecular complexity index is 1100. The quantitative estimate of drug-likeness (QED) is 0.242. The highest BCUT2D eigenvalue weighted by Crippen LogP contribution is 2.37. The van der Waals surface area contributed by atoms with Crippen molar-refractivity contribution in [2.24, 2.45) is 0 Å². The van der Waals surface area contributed by atoms with Gasteiger partial charge in [0.25, 0.3) is 16.8 Å². The molecule has 0 bridgehead atoms. The van der Waals surface area contributed by atoms with Gasteiger partial charge in [-0.3, -0.25) is 10.1 Å². The van der Waals surface area contributed by atoms with Gasteiger partial charge in [-0.1, -0.05) is 0 Å². The topological polar surface area (TPSA) is 124 Å². The third kappa shape index (κ3) is 4.53. The summed E-state index contributed by atoms with van der Waals surface area (Å²) in [5.74, 6) is 1.37. The van der Waals surface area contributed by atoms with Crippen LogP contribution in [0.1, 0.15) is 5.56 Å². The molecule has 146 valence electrons. The van der Waals surface area contributed by atoms with Crippen LogP contribution in [0.4, 0.5) is 5.69 Å². The molecule has 0 aliphatic heterocycles. The van der Waals surface area contributed by atoms with Crippen molar-refractivity contribution >= 4 is 22.4 Å². The maximum Gasteiger partial charge on any atom is 0.281 e. The van der Waals surface area contributed by atoms with E-state index in [0.717, 1.165) is 11.8 Å². The average molecular weight is 410 g/mol. The lowest BCUT2D eigenvalue weighted by Crippen LogP contribution is -1.90. The number of ether oxygens (including phenoxy) is 2. The van der Waals surface area contributed by atoms with Crippen molar-refractivity contribution in [1.82, 2.24) is 10.2 Å². The first-order valence-corrected chi connectivity index (χ1v) is 8.95. The van der Waals surface area contributed by atoms with Crippen molar-refractivity contribution in [2.75, 3.05) is 14.2 Å². The molecule has 3 rings (SSSR count). The molecule has 0 fully saturated rings. The van der Waals surface area contributed by atoms with Crippen LogP contribution in [0.2, 0.25) is 0 Å². The minimum Gasteiger partial charge on any atom is -0.497 e. The zero-order valence-electron chi connectivity index (χ0n) is 15.4. The number of non-ortho nitro benzene ring substituents is 1. The van der Waals surface area contributed by atoms with Gasteiger partial charge in [0, 0.05) is 29.2 Å². The summed E-state index contributed by atoms with van der Waals surface area (Å²) in [4.78, 5) is 10.8. The molecule has 0 aliphatic rings. The molecule has 0 radical (unpaired) electrons. The molecular weight excluding hydrogens is 396 g/mol. The summed E-state index contributed by atoms with van der Waals surface area (Å²) in [5, 5.41) is 28.1. The SMILES string of the molecule is COc1ccc(-c2nnc(S/C(=C\C#N)c3ccc([N+](=O)[O-])cc3)o2)c(OC)c1. The minimum atomic E-state index is -0.489. The molecule has 0 saturated carbocycles. The highest BCUT2D eigenvalue weighted by atomic mass is 32.2. The third-order valence-electron chi connectivity index (χ3n) is 3.80. The summed E-state index contributed by atoms with van der Waals surface area (Å²) in [5.41, 5.74) is 1.17. The van der Waals surface area contributed by atoms with Gasteiger partial charge in [-0.15, -0.1) is 10.2 Å². The van der Waals surface area contributed by atoms with Gasteiger partial charge in [0.2, 0.25) is 0 Å². The molecule has 9 nitrogen and oxygen atoms in total. The number of nitro benzene ring substituents is 1. The van der Waals surface area contributed by atoms with Crippen LogP contribution in [0.25, 0.3) is 16.4 Å². The number of benzene rings is 2. The number of thioether (sulfide) groups is 1. The van der Waals surface area contributed by atoms with Gasteiger partial charge in [0.1, 0.15) is 11.5 Å². The Morgan fingerprint density at radius 3 is 2.59 bits per heavy atom. The zero-order chi connectivity index (χ0) is 20.8. The molecule has 0 saturated heterocycles. The number of hydrogen-bond acceptors (Lipinski definition) is 9. The van der Waals surface area contributed by atoms with E-state index in [1.807, 2.05) is 6.07 Å². The fourth-order valence-corrected chi connectivity index (χ4v) is 3.16. The van der Waals surface area contributed by atoms with Crippen LogP contribution in [-0.2, 0) is 0 Å². The standard InChI is InChI=1S/C19H14N4O5S/c1-26-14-7-8-15(16(11-14)27-2)18-21-22-19(28-18)29-17(9-10-20)12-3-5-13(6-4-12)23(24)25/h3-9,11H,1-2H3/b17-9-. The summed E-state index contributed by atoms with van der Waals surface area (Å²) >= 11 is 1.08. The van der Waals surface area contributed by atoms with Gasteiger partial charge in [0.15, 0.2) is 0 Å². The number of nitro groups is 1. The van der Waals surface area contributed by atoms with Crippen molar-refractivity contribution in [3.63, 3.8) is 0 Å². The fourth-order valence-electron chi connectivity index (χ4n) is 2.41. The Kier molecular flexibility index (Phi) is 6.11. The Hall–Kier alpha value is -3.84. The number of allylic oxidation sites excluding steroid dienone is 1. The second-order valence-electron chi connectivity index (χ2n) is 5.48. The number of rotatable bonds is 7. The van der Waals surface area contributed by atoms with Crippen molar-refractivity contribution in [3.05, 3.63) is 64.2 Å². The first kappa shape index (κ1) is 19.9. The van der Waals surface area contributed by atoms with Crippen molar-refractivity contribution in [3.8, 4) is 29.0 Å². The third-order valence-corrected chi connectivity index (χ3v) is 4.71. The van der Waals surface area contributed by atoms with Gasteiger partial charge < -0.3 is 13.9 Å². The van der Waals surface area contributed by atoms with Crippen molar-refractivity contribution < 1.29 is 18.8 Å². The summed E-state index contributed by atoms with van der Waals surface area (Å²) < 4.78 is 16.2. The van der Waals surface area contributed by atoms with E-state index < -0.39 is 4.92 Å². The predicted molar refractivity (Wildman–Crippen MR) is 105 cm³/mol. The van der Waals surface area contributed by atoms with Crippen LogP contribution in [0.5, 0.6) is 11.5 Å². The largest absolute Gasteiger partial charge is 0.497 e. The maximum atomic E-state index is 10.8. The Morgan fingerprint density at radius 1 is 1.21 bits per heavy atom. The van der Waals surface area contributed by atoms with E-state index in [1.165, 1.54) is 25.3 Å². The Balaban J connectivity index is 1.87. The highest BCUT2D eigenvalue weighted by Gasteiger charge is 2.17. The molecule has 0 amide bonds. The summed E-state index contributed by atoms with van der Waals surface area (Å²) in [6.07, 6.45) is 1.31. The first-order chi connectivity index (χ1) is 14.0. The fraction of sp³-hybridized carbons (Fsp3) is 0.105. The lowest BCUT2D eigenvalue weighted by molar-refractivity contribution is -0.384. The number of aromatic nitrogens is 2. The smallest absolute Gasteiger partial charge is 0.281 e. The Labute approximate surface area is 169 Å². The molecule has 0 spiro atoms. The van der Waals surface area contributed by atoms with Crippen LogP contribution in [0.3, 0.4) is 0 Å². The van der Waals surface area contributed by atoms with Gasteiger partial charge in [0.05, 0.1) is 30.8 Å². The van der Waals surface area contributed by atoms with Gasteiger partial charge in [-0.25, -0.2) is 0 Å². The molecule has 3 aromatic rings. The number of methoxy groups -OCH3 is 2. The van der Waals surface area contributed by atoms with Crippen molar-refractivity contribution in [2.45, 2.75) is 5.22 Å². The van der Waals surface area contributed by atoms with E-state index in [2.05, 4.69) is 10.2 Å². The van der Waals surface area contributed by atoms with Crippen LogP contribution < -0.4 is 9.47 Å². The average Bonchev–Trinajstić information content (AvgIpc) is 3.21. The second kappa shape index (κ2) is 8.90. The summed E-state index contributed by atoms with van der Waals surface area (Å²) in [6.45, 7) is 0.